The second-order valence-corrected chi connectivity index (χ2v) is 4.84. The number of aryl methyl sites for hydroxylation is 1. The lowest BCUT2D eigenvalue weighted by Gasteiger charge is -2.06. The Balaban J connectivity index is 2.10. The van der Waals surface area contributed by atoms with Crippen LogP contribution in [0.25, 0.3) is 10.9 Å². The summed E-state index contributed by atoms with van der Waals surface area (Å²) in [5.74, 6) is 2.12. The Bertz CT molecular complexity index is 559. The minimum absolute atomic E-state index is 0.553. The van der Waals surface area contributed by atoms with Gasteiger partial charge in [0.2, 0.25) is 0 Å². The van der Waals surface area contributed by atoms with Gasteiger partial charge in [-0.1, -0.05) is 19.4 Å². The van der Waals surface area contributed by atoms with E-state index in [9.17, 15) is 0 Å². The number of nitrogens with two attached hydrogens (primary N) is 1. The third kappa shape index (κ3) is 1.97. The third-order valence-corrected chi connectivity index (χ3v) is 3.29. The van der Waals surface area contributed by atoms with Crippen LogP contribution in [0.15, 0.2) is 18.2 Å². The van der Waals surface area contributed by atoms with Gasteiger partial charge in [0.05, 0.1) is 5.52 Å². The average molecular weight is 227 g/mol. The normalized spacial score (nSPS) is 15.4. The van der Waals surface area contributed by atoms with Gasteiger partial charge < -0.3 is 5.73 Å². The molecule has 1 fully saturated rings. The summed E-state index contributed by atoms with van der Waals surface area (Å²) in [5.41, 5.74) is 8.34. The molecule has 88 valence electrons. The van der Waals surface area contributed by atoms with E-state index in [0.717, 1.165) is 29.6 Å². The maximum Gasteiger partial charge on any atom is 0.135 e. The van der Waals surface area contributed by atoms with Gasteiger partial charge >= 0.3 is 0 Å². The summed E-state index contributed by atoms with van der Waals surface area (Å²) in [6, 6.07) is 6.35. The van der Waals surface area contributed by atoms with Crippen LogP contribution in [0.1, 0.15) is 43.5 Å². The topological polar surface area (TPSA) is 51.8 Å². The van der Waals surface area contributed by atoms with Crippen LogP contribution in [-0.4, -0.2) is 9.97 Å². The zero-order valence-electron chi connectivity index (χ0n) is 10.1. The molecule has 1 aromatic carbocycles. The number of nitrogens with zero attached hydrogens (tertiary/aromatic N) is 2. The van der Waals surface area contributed by atoms with Crippen LogP contribution in [0, 0.1) is 0 Å². The van der Waals surface area contributed by atoms with E-state index in [1.54, 1.807) is 0 Å². The number of anilines is 1. The molecule has 3 heteroatoms. The van der Waals surface area contributed by atoms with E-state index in [-0.39, 0.29) is 0 Å². The van der Waals surface area contributed by atoms with Crippen LogP contribution in [0.3, 0.4) is 0 Å². The molecule has 1 aliphatic carbocycles. The van der Waals surface area contributed by atoms with Crippen molar-refractivity contribution in [3.8, 4) is 0 Å². The molecule has 1 aliphatic rings. The first kappa shape index (κ1) is 10.5. The van der Waals surface area contributed by atoms with Crippen molar-refractivity contribution in [2.75, 3.05) is 5.73 Å². The molecule has 3 nitrogen and oxygen atoms in total. The number of benzene rings is 1. The number of rotatable bonds is 3. The lowest BCUT2D eigenvalue weighted by molar-refractivity contribution is 0.921. The van der Waals surface area contributed by atoms with Crippen molar-refractivity contribution >= 4 is 16.7 Å². The highest BCUT2D eigenvalue weighted by Crippen LogP contribution is 2.39. The van der Waals surface area contributed by atoms with Crippen LogP contribution in [0.4, 0.5) is 5.82 Å². The largest absolute Gasteiger partial charge is 0.383 e. The Labute approximate surface area is 101 Å². The predicted molar refractivity (Wildman–Crippen MR) is 69.9 cm³/mol. The number of aromatic nitrogens is 2. The molecule has 2 aromatic rings. The molecular weight excluding hydrogens is 210 g/mol. The highest BCUT2D eigenvalue weighted by atomic mass is 15.0. The molecular formula is C14H17N3. The molecule has 0 unspecified atom stereocenters. The Hall–Kier alpha value is -1.64. The fourth-order valence-corrected chi connectivity index (χ4v) is 2.19. The van der Waals surface area contributed by atoms with Crippen molar-refractivity contribution in [3.05, 3.63) is 29.6 Å². The summed E-state index contributed by atoms with van der Waals surface area (Å²) in [6.45, 7) is 2.18. The lowest BCUT2D eigenvalue weighted by Crippen LogP contribution is -2.00. The molecule has 0 bridgehead atoms. The van der Waals surface area contributed by atoms with Crippen LogP contribution >= 0.6 is 0 Å². The van der Waals surface area contributed by atoms with Crippen molar-refractivity contribution in [1.82, 2.24) is 9.97 Å². The molecule has 3 rings (SSSR count). The number of nitrogen functional groups attached to an aromatic ring is 1. The maximum absolute atomic E-state index is 6.04. The molecule has 0 radical (unpaired) electrons. The minimum atomic E-state index is 0.553. The fourth-order valence-electron chi connectivity index (χ4n) is 2.19. The van der Waals surface area contributed by atoms with Gasteiger partial charge in [-0.2, -0.15) is 0 Å². The van der Waals surface area contributed by atoms with Crippen molar-refractivity contribution in [1.29, 1.82) is 0 Å². The van der Waals surface area contributed by atoms with Gasteiger partial charge in [0.25, 0.3) is 0 Å². The smallest absolute Gasteiger partial charge is 0.135 e. The van der Waals surface area contributed by atoms with Crippen LogP contribution in [0.2, 0.25) is 0 Å². The van der Waals surface area contributed by atoms with E-state index in [2.05, 4.69) is 35.1 Å². The molecule has 1 saturated carbocycles. The van der Waals surface area contributed by atoms with Gasteiger partial charge in [-0.15, -0.1) is 0 Å². The Kier molecular flexibility index (Phi) is 2.46. The average Bonchev–Trinajstić information content (AvgIpc) is 3.14. The first-order chi connectivity index (χ1) is 8.28. The molecule has 0 aliphatic heterocycles. The fraction of sp³-hybridized carbons (Fsp3) is 0.429. The van der Waals surface area contributed by atoms with Crippen molar-refractivity contribution in [3.63, 3.8) is 0 Å². The Morgan fingerprint density at radius 3 is 2.82 bits per heavy atom. The van der Waals surface area contributed by atoms with E-state index in [0.29, 0.717) is 11.7 Å². The van der Waals surface area contributed by atoms with Crippen molar-refractivity contribution in [2.24, 2.45) is 0 Å². The zero-order valence-corrected chi connectivity index (χ0v) is 10.1. The van der Waals surface area contributed by atoms with Crippen molar-refractivity contribution in [2.45, 2.75) is 38.5 Å². The zero-order chi connectivity index (χ0) is 11.8. The van der Waals surface area contributed by atoms with E-state index >= 15 is 0 Å². The third-order valence-electron chi connectivity index (χ3n) is 3.29. The molecule has 17 heavy (non-hydrogen) atoms. The van der Waals surface area contributed by atoms with E-state index in [1.165, 1.54) is 18.4 Å². The second kappa shape index (κ2) is 3.99. The molecule has 0 atom stereocenters. The standard InChI is InChI=1S/C14H17N3/c1-2-3-9-4-7-12-11(8-9)13(15)17-14(16-12)10-5-6-10/h4,7-8,10H,2-3,5-6H2,1H3,(H2,15,16,17). The summed E-state index contributed by atoms with van der Waals surface area (Å²) < 4.78 is 0. The Morgan fingerprint density at radius 1 is 1.29 bits per heavy atom. The SMILES string of the molecule is CCCc1ccc2nc(C3CC3)nc(N)c2c1. The van der Waals surface area contributed by atoms with Gasteiger partial charge in [0.15, 0.2) is 0 Å². The predicted octanol–water partition coefficient (Wildman–Crippen LogP) is 3.04. The molecule has 1 aromatic heterocycles. The van der Waals surface area contributed by atoms with Crippen molar-refractivity contribution < 1.29 is 0 Å². The minimum Gasteiger partial charge on any atom is -0.383 e. The monoisotopic (exact) mass is 227 g/mol. The Morgan fingerprint density at radius 2 is 2.12 bits per heavy atom. The molecule has 2 N–H and O–H groups in total. The highest BCUT2D eigenvalue weighted by Gasteiger charge is 2.27. The number of fused-ring (bicyclic) bond motifs is 1. The summed E-state index contributed by atoms with van der Waals surface area (Å²) in [4.78, 5) is 9.04. The molecule has 0 saturated heterocycles. The summed E-state index contributed by atoms with van der Waals surface area (Å²) in [5, 5.41) is 1.00. The van der Waals surface area contributed by atoms with Gasteiger partial charge in [-0.25, -0.2) is 9.97 Å². The van der Waals surface area contributed by atoms with Gasteiger partial charge in [0, 0.05) is 11.3 Å². The highest BCUT2D eigenvalue weighted by molar-refractivity contribution is 5.88. The van der Waals surface area contributed by atoms with E-state index in [4.69, 9.17) is 5.73 Å². The summed E-state index contributed by atoms with van der Waals surface area (Å²) in [6.07, 6.45) is 4.64. The summed E-state index contributed by atoms with van der Waals surface area (Å²) >= 11 is 0. The molecule has 0 spiro atoms. The van der Waals surface area contributed by atoms with Crippen LogP contribution < -0.4 is 5.73 Å². The van der Waals surface area contributed by atoms with Gasteiger partial charge in [-0.3, -0.25) is 0 Å². The van der Waals surface area contributed by atoms with E-state index < -0.39 is 0 Å². The first-order valence-electron chi connectivity index (χ1n) is 6.34. The van der Waals surface area contributed by atoms with Gasteiger partial charge in [0.1, 0.15) is 11.6 Å². The van der Waals surface area contributed by atoms with Crippen LogP contribution in [-0.2, 0) is 6.42 Å². The maximum atomic E-state index is 6.04. The molecule has 0 amide bonds. The molecule has 1 heterocycles. The second-order valence-electron chi connectivity index (χ2n) is 4.84. The number of hydrogen-bond donors (Lipinski definition) is 1. The lowest BCUT2D eigenvalue weighted by atomic mass is 10.1. The quantitative estimate of drug-likeness (QED) is 0.876. The van der Waals surface area contributed by atoms with Crippen LogP contribution in [0.5, 0.6) is 0 Å². The number of hydrogen-bond acceptors (Lipinski definition) is 3. The summed E-state index contributed by atoms with van der Waals surface area (Å²) in [7, 11) is 0. The first-order valence-corrected chi connectivity index (χ1v) is 6.34. The van der Waals surface area contributed by atoms with E-state index in [1.807, 2.05) is 0 Å². The van der Waals surface area contributed by atoms with Gasteiger partial charge in [-0.05, 0) is 37.0 Å².